The van der Waals surface area contributed by atoms with E-state index in [4.69, 9.17) is 0 Å². The van der Waals surface area contributed by atoms with Crippen LogP contribution in [0.15, 0.2) is 0 Å². The first-order valence-corrected chi connectivity index (χ1v) is 8.10. The van der Waals surface area contributed by atoms with Crippen LogP contribution in [0, 0.1) is 19.8 Å². The molecule has 0 radical (unpaired) electrons. The van der Waals surface area contributed by atoms with Crippen LogP contribution >= 0.6 is 11.8 Å². The fourth-order valence-electron chi connectivity index (χ4n) is 1.86. The summed E-state index contributed by atoms with van der Waals surface area (Å²) >= 11 is 1.89. The van der Waals surface area contributed by atoms with E-state index in [1.165, 1.54) is 5.56 Å². The Kier molecular flexibility index (Phi) is 6.80. The Balaban J connectivity index is 2.68. The van der Waals surface area contributed by atoms with Gasteiger partial charge in [0.25, 0.3) is 0 Å². The highest BCUT2D eigenvalue weighted by Crippen LogP contribution is 2.17. The summed E-state index contributed by atoms with van der Waals surface area (Å²) in [4.78, 5) is 9.26. The van der Waals surface area contributed by atoms with Gasteiger partial charge in [0, 0.05) is 23.5 Å². The third-order valence-corrected chi connectivity index (χ3v) is 3.96. The summed E-state index contributed by atoms with van der Waals surface area (Å²) in [6.07, 6.45) is 0. The maximum Gasteiger partial charge on any atom is 0.138 e. The molecule has 1 aromatic rings. The lowest BCUT2D eigenvalue weighted by molar-refractivity contribution is 0.548. The molecule has 3 nitrogen and oxygen atoms in total. The smallest absolute Gasteiger partial charge is 0.138 e. The zero-order valence-electron chi connectivity index (χ0n) is 13.1. The summed E-state index contributed by atoms with van der Waals surface area (Å²) in [6.45, 7) is 14.9. The maximum absolute atomic E-state index is 4.63. The molecule has 0 amide bonds. The molecule has 1 rings (SSSR count). The standard InChI is InChI=1S/C15H27N3S/c1-10(2)7-16-8-14-12(5)17-15(18-13(14)6)9-19-11(3)4/h10-11,16H,7-9H2,1-6H3. The second-order valence-corrected chi connectivity index (χ2v) is 7.24. The zero-order valence-corrected chi connectivity index (χ0v) is 13.9. The van der Waals surface area contributed by atoms with Gasteiger partial charge in [0.15, 0.2) is 0 Å². The lowest BCUT2D eigenvalue weighted by Gasteiger charge is -2.13. The normalized spacial score (nSPS) is 11.6. The second-order valence-electron chi connectivity index (χ2n) is 5.67. The topological polar surface area (TPSA) is 37.8 Å². The number of hydrogen-bond donors (Lipinski definition) is 1. The SMILES string of the molecule is Cc1nc(CSC(C)C)nc(C)c1CNCC(C)C. The van der Waals surface area contributed by atoms with Gasteiger partial charge in [-0.15, -0.1) is 0 Å². The Morgan fingerprint density at radius 1 is 1.05 bits per heavy atom. The largest absolute Gasteiger partial charge is 0.312 e. The molecule has 1 N–H and O–H groups in total. The quantitative estimate of drug-likeness (QED) is 0.830. The number of thioether (sulfide) groups is 1. The van der Waals surface area contributed by atoms with Crippen molar-refractivity contribution in [1.82, 2.24) is 15.3 Å². The minimum atomic E-state index is 0.622. The van der Waals surface area contributed by atoms with E-state index in [0.717, 1.165) is 36.1 Å². The molecule has 0 aliphatic heterocycles. The highest BCUT2D eigenvalue weighted by molar-refractivity contribution is 7.99. The van der Waals surface area contributed by atoms with Crippen LogP contribution in [0.4, 0.5) is 0 Å². The Labute approximate surface area is 122 Å². The predicted octanol–water partition coefficient (Wildman–Crippen LogP) is 3.48. The Morgan fingerprint density at radius 2 is 1.63 bits per heavy atom. The van der Waals surface area contributed by atoms with Gasteiger partial charge in [0.05, 0.1) is 5.75 Å². The van der Waals surface area contributed by atoms with Gasteiger partial charge in [-0.25, -0.2) is 9.97 Å². The van der Waals surface area contributed by atoms with E-state index in [2.05, 4.69) is 56.8 Å². The predicted molar refractivity (Wildman–Crippen MR) is 84.5 cm³/mol. The van der Waals surface area contributed by atoms with E-state index in [1.807, 2.05) is 11.8 Å². The van der Waals surface area contributed by atoms with Crippen LogP contribution in [0.1, 0.15) is 50.5 Å². The van der Waals surface area contributed by atoms with Crippen LogP contribution in [0.25, 0.3) is 0 Å². The average molecular weight is 281 g/mol. The summed E-state index contributed by atoms with van der Waals surface area (Å²) in [5.41, 5.74) is 3.48. The lowest BCUT2D eigenvalue weighted by atomic mass is 10.1. The van der Waals surface area contributed by atoms with E-state index in [1.54, 1.807) is 0 Å². The molecule has 0 saturated carbocycles. The van der Waals surface area contributed by atoms with Gasteiger partial charge >= 0.3 is 0 Å². The summed E-state index contributed by atoms with van der Waals surface area (Å²) in [6, 6.07) is 0. The number of nitrogens with zero attached hydrogens (tertiary/aromatic N) is 2. The first kappa shape index (κ1) is 16.4. The first-order valence-electron chi connectivity index (χ1n) is 7.05. The van der Waals surface area contributed by atoms with Crippen LogP contribution in [0.5, 0.6) is 0 Å². The monoisotopic (exact) mass is 281 g/mol. The van der Waals surface area contributed by atoms with Crippen molar-refractivity contribution in [3.05, 3.63) is 22.8 Å². The molecule has 0 aliphatic rings. The van der Waals surface area contributed by atoms with E-state index < -0.39 is 0 Å². The number of aromatic nitrogens is 2. The minimum Gasteiger partial charge on any atom is -0.312 e. The summed E-state index contributed by atoms with van der Waals surface area (Å²) < 4.78 is 0. The number of nitrogens with one attached hydrogen (secondary N) is 1. The van der Waals surface area contributed by atoms with Crippen molar-refractivity contribution in [3.8, 4) is 0 Å². The van der Waals surface area contributed by atoms with Gasteiger partial charge in [-0.05, 0) is 31.6 Å². The Hall–Kier alpha value is -0.610. The van der Waals surface area contributed by atoms with Gasteiger partial charge in [-0.2, -0.15) is 11.8 Å². The number of rotatable bonds is 7. The van der Waals surface area contributed by atoms with Crippen molar-refractivity contribution >= 4 is 11.8 Å². The molecule has 0 atom stereocenters. The van der Waals surface area contributed by atoms with E-state index in [9.17, 15) is 0 Å². The zero-order chi connectivity index (χ0) is 14.4. The second kappa shape index (κ2) is 7.85. The van der Waals surface area contributed by atoms with Crippen LogP contribution in [0.2, 0.25) is 0 Å². The van der Waals surface area contributed by atoms with Crippen molar-refractivity contribution in [2.45, 2.75) is 59.1 Å². The fraction of sp³-hybridized carbons (Fsp3) is 0.733. The Bertz CT molecular complexity index is 379. The van der Waals surface area contributed by atoms with Crippen LogP contribution in [-0.4, -0.2) is 21.8 Å². The molecule has 1 aromatic heterocycles. The van der Waals surface area contributed by atoms with Crippen molar-refractivity contribution in [3.63, 3.8) is 0 Å². The van der Waals surface area contributed by atoms with Crippen molar-refractivity contribution < 1.29 is 0 Å². The molecule has 4 heteroatoms. The molecule has 0 spiro atoms. The molecule has 0 aromatic carbocycles. The lowest BCUT2D eigenvalue weighted by Crippen LogP contribution is -2.21. The minimum absolute atomic E-state index is 0.622. The summed E-state index contributed by atoms with van der Waals surface area (Å²) in [5, 5.41) is 4.09. The highest BCUT2D eigenvalue weighted by Gasteiger charge is 2.09. The van der Waals surface area contributed by atoms with Gasteiger partial charge in [0.1, 0.15) is 5.82 Å². The molecule has 0 unspecified atom stereocenters. The molecule has 0 saturated heterocycles. The molecular weight excluding hydrogens is 254 g/mol. The van der Waals surface area contributed by atoms with Gasteiger partial charge in [0.2, 0.25) is 0 Å². The maximum atomic E-state index is 4.63. The summed E-state index contributed by atoms with van der Waals surface area (Å²) in [7, 11) is 0. The number of hydrogen-bond acceptors (Lipinski definition) is 4. The van der Waals surface area contributed by atoms with Crippen molar-refractivity contribution in [1.29, 1.82) is 0 Å². The molecule has 108 valence electrons. The number of aryl methyl sites for hydroxylation is 2. The Morgan fingerprint density at radius 3 is 2.11 bits per heavy atom. The van der Waals surface area contributed by atoms with Crippen LogP contribution in [0.3, 0.4) is 0 Å². The fourth-order valence-corrected chi connectivity index (χ4v) is 2.47. The molecule has 19 heavy (non-hydrogen) atoms. The van der Waals surface area contributed by atoms with Crippen LogP contribution in [-0.2, 0) is 12.3 Å². The molecule has 0 fully saturated rings. The summed E-state index contributed by atoms with van der Waals surface area (Å²) in [5.74, 6) is 2.53. The third kappa shape index (κ3) is 5.91. The molecule has 0 bridgehead atoms. The third-order valence-electron chi connectivity index (χ3n) is 2.87. The molecule has 0 aliphatic carbocycles. The average Bonchev–Trinajstić information content (AvgIpc) is 2.29. The van der Waals surface area contributed by atoms with Gasteiger partial charge in [-0.1, -0.05) is 27.7 Å². The van der Waals surface area contributed by atoms with E-state index >= 15 is 0 Å². The molecular formula is C15H27N3S. The molecule has 1 heterocycles. The van der Waals surface area contributed by atoms with Gasteiger partial charge < -0.3 is 5.32 Å². The van der Waals surface area contributed by atoms with Crippen molar-refractivity contribution in [2.75, 3.05) is 6.54 Å². The van der Waals surface area contributed by atoms with E-state index in [-0.39, 0.29) is 0 Å². The van der Waals surface area contributed by atoms with Crippen molar-refractivity contribution in [2.24, 2.45) is 5.92 Å². The highest BCUT2D eigenvalue weighted by atomic mass is 32.2. The van der Waals surface area contributed by atoms with E-state index in [0.29, 0.717) is 11.2 Å². The van der Waals surface area contributed by atoms with Crippen LogP contribution < -0.4 is 5.32 Å². The first-order chi connectivity index (χ1) is 8.90. The van der Waals surface area contributed by atoms with Gasteiger partial charge in [-0.3, -0.25) is 0 Å².